The fourth-order valence-corrected chi connectivity index (χ4v) is 8.29. The van der Waals surface area contributed by atoms with Crippen molar-refractivity contribution in [1.82, 2.24) is 4.49 Å². The summed E-state index contributed by atoms with van der Waals surface area (Å²) in [6.45, 7) is 8.82. The maximum absolute atomic E-state index is 14.1. The van der Waals surface area contributed by atoms with Crippen LogP contribution in [0, 0.1) is 0 Å². The van der Waals surface area contributed by atoms with Gasteiger partial charge in [-0.15, -0.1) is 4.49 Å². The van der Waals surface area contributed by atoms with Crippen molar-refractivity contribution in [3.63, 3.8) is 0 Å². The molecular formula is C31H66NO5PS. The minimum absolute atomic E-state index is 0.261. The first-order valence-electron chi connectivity index (χ1n) is 16.6. The Morgan fingerprint density at radius 2 is 0.769 bits per heavy atom. The Morgan fingerprint density at radius 3 is 1.00 bits per heavy atom. The van der Waals surface area contributed by atoms with Crippen molar-refractivity contribution in [3.8, 4) is 0 Å². The summed E-state index contributed by atoms with van der Waals surface area (Å²) in [7, 11) is -7.80. The van der Waals surface area contributed by atoms with Crippen LogP contribution >= 0.6 is 7.75 Å². The summed E-state index contributed by atoms with van der Waals surface area (Å²) in [5, 5.41) is 0. The number of nitrogens with one attached hydrogen (secondary N) is 1. The summed E-state index contributed by atoms with van der Waals surface area (Å²) >= 11 is 0. The van der Waals surface area contributed by atoms with Gasteiger partial charge in [0.1, 0.15) is 0 Å². The number of hydrogen-bond donors (Lipinski definition) is 1. The third-order valence-electron chi connectivity index (χ3n) is 7.37. The molecule has 0 aliphatic heterocycles. The van der Waals surface area contributed by atoms with Crippen LogP contribution in [0.5, 0.6) is 0 Å². The monoisotopic (exact) mass is 595 g/mol. The van der Waals surface area contributed by atoms with Crippen LogP contribution < -0.4 is 4.49 Å². The molecule has 8 heteroatoms. The van der Waals surface area contributed by atoms with E-state index in [0.29, 0.717) is 0 Å². The highest BCUT2D eigenvalue weighted by Crippen LogP contribution is 2.49. The van der Waals surface area contributed by atoms with Gasteiger partial charge < -0.3 is 0 Å². The standard InChI is InChI=1S/C31H66NO5PS/c1-6-10-14-18-22-26-30(27-23-19-15-11-7-2)36-38(33,32-39(5,34)35)37-31(28-24-20-16-12-8-3)29-25-21-17-13-9-4/h30-31H,6-29H2,1-5H3,(H,32,33). The molecule has 0 heterocycles. The lowest BCUT2D eigenvalue weighted by atomic mass is 10.0. The quantitative estimate of drug-likeness (QED) is 0.0660. The van der Waals surface area contributed by atoms with E-state index in [9.17, 15) is 13.0 Å². The second kappa shape index (κ2) is 25.7. The first-order chi connectivity index (χ1) is 18.7. The third kappa shape index (κ3) is 25.5. The Labute approximate surface area is 244 Å². The molecule has 0 amide bonds. The second-order valence-corrected chi connectivity index (χ2v) is 15.3. The van der Waals surface area contributed by atoms with Crippen molar-refractivity contribution in [3.05, 3.63) is 0 Å². The zero-order valence-electron chi connectivity index (χ0n) is 26.5. The molecule has 39 heavy (non-hydrogen) atoms. The lowest BCUT2D eigenvalue weighted by Gasteiger charge is -2.28. The molecule has 0 aliphatic carbocycles. The molecule has 0 saturated carbocycles. The van der Waals surface area contributed by atoms with E-state index in [1.54, 1.807) is 0 Å². The topological polar surface area (TPSA) is 81.7 Å². The van der Waals surface area contributed by atoms with Gasteiger partial charge in [-0.05, 0) is 25.7 Å². The minimum Gasteiger partial charge on any atom is -0.293 e. The Kier molecular flexibility index (Phi) is 25.8. The van der Waals surface area contributed by atoms with E-state index in [2.05, 4.69) is 32.2 Å². The van der Waals surface area contributed by atoms with Gasteiger partial charge in [-0.25, -0.2) is 13.0 Å². The van der Waals surface area contributed by atoms with Gasteiger partial charge in [0.2, 0.25) is 10.0 Å². The molecule has 0 radical (unpaired) electrons. The largest absolute Gasteiger partial charge is 0.419 e. The number of unbranched alkanes of at least 4 members (excludes halogenated alkanes) is 16. The Morgan fingerprint density at radius 1 is 0.513 bits per heavy atom. The molecule has 236 valence electrons. The van der Waals surface area contributed by atoms with Crippen LogP contribution in [0.25, 0.3) is 0 Å². The normalized spacial score (nSPS) is 12.7. The van der Waals surface area contributed by atoms with Crippen molar-refractivity contribution < 1.29 is 22.0 Å². The van der Waals surface area contributed by atoms with E-state index < -0.39 is 17.8 Å². The summed E-state index contributed by atoms with van der Waals surface area (Å²) in [6.07, 6.45) is 26.5. The highest BCUT2D eigenvalue weighted by molar-refractivity contribution is 7.94. The fourth-order valence-electron chi connectivity index (χ4n) is 5.07. The third-order valence-corrected chi connectivity index (χ3v) is 10.7. The predicted molar refractivity (Wildman–Crippen MR) is 169 cm³/mol. The van der Waals surface area contributed by atoms with E-state index in [1.807, 2.05) is 0 Å². The predicted octanol–water partition coefficient (Wildman–Crippen LogP) is 10.9. The number of hydrogen-bond acceptors (Lipinski definition) is 5. The van der Waals surface area contributed by atoms with E-state index in [0.717, 1.165) is 83.3 Å². The molecular weight excluding hydrogens is 529 g/mol. The highest BCUT2D eigenvalue weighted by atomic mass is 32.2. The lowest BCUT2D eigenvalue weighted by Crippen LogP contribution is -2.28. The smallest absolute Gasteiger partial charge is 0.293 e. The molecule has 0 fully saturated rings. The van der Waals surface area contributed by atoms with Gasteiger partial charge in [0.15, 0.2) is 0 Å². The average molecular weight is 596 g/mol. The van der Waals surface area contributed by atoms with Gasteiger partial charge in [0.05, 0.1) is 18.5 Å². The first kappa shape index (κ1) is 39.1. The zero-order valence-corrected chi connectivity index (χ0v) is 28.2. The molecule has 0 spiro atoms. The van der Waals surface area contributed by atoms with Crippen molar-refractivity contribution in [2.75, 3.05) is 6.26 Å². The summed E-state index contributed by atoms with van der Waals surface area (Å²) in [5.41, 5.74) is 0. The lowest BCUT2D eigenvalue weighted by molar-refractivity contribution is 0.0893. The van der Waals surface area contributed by atoms with Crippen LogP contribution in [0.15, 0.2) is 0 Å². The molecule has 0 aromatic heterocycles. The van der Waals surface area contributed by atoms with Crippen molar-refractivity contribution in [2.24, 2.45) is 0 Å². The molecule has 0 atom stereocenters. The highest BCUT2D eigenvalue weighted by Gasteiger charge is 2.35. The van der Waals surface area contributed by atoms with Crippen molar-refractivity contribution in [1.29, 1.82) is 0 Å². The van der Waals surface area contributed by atoms with E-state index in [1.165, 1.54) is 77.0 Å². The number of rotatable bonds is 30. The number of sulfonamides is 1. The fraction of sp³-hybridized carbons (Fsp3) is 1.00. The maximum atomic E-state index is 14.1. The van der Waals surface area contributed by atoms with Gasteiger partial charge in [-0.1, -0.05) is 156 Å². The Balaban J connectivity index is 5.47. The zero-order chi connectivity index (χ0) is 29.2. The van der Waals surface area contributed by atoms with E-state index in [4.69, 9.17) is 9.05 Å². The van der Waals surface area contributed by atoms with Gasteiger partial charge >= 0.3 is 7.75 Å². The summed E-state index contributed by atoms with van der Waals surface area (Å²) in [5.74, 6) is 0. The van der Waals surface area contributed by atoms with Crippen LogP contribution in [0.2, 0.25) is 0 Å². The van der Waals surface area contributed by atoms with Crippen LogP contribution in [0.1, 0.15) is 182 Å². The molecule has 0 rings (SSSR count). The Bertz CT molecular complexity index is 622. The van der Waals surface area contributed by atoms with Crippen LogP contribution in [-0.2, 0) is 23.6 Å². The SMILES string of the molecule is CCCCCCCC(CCCCCCC)OP(=O)(NS(C)(=O)=O)OC(CCCCCCC)CCCCCCC. The second-order valence-electron chi connectivity index (χ2n) is 11.6. The van der Waals surface area contributed by atoms with Gasteiger partial charge in [0.25, 0.3) is 0 Å². The average Bonchev–Trinajstić information content (AvgIpc) is 2.86. The first-order valence-corrected chi connectivity index (χ1v) is 20.1. The summed E-state index contributed by atoms with van der Waals surface area (Å²) < 4.78 is 53.3. The molecule has 0 aromatic rings. The van der Waals surface area contributed by atoms with Gasteiger partial charge in [-0.3, -0.25) is 9.05 Å². The van der Waals surface area contributed by atoms with E-state index in [-0.39, 0.29) is 12.2 Å². The summed E-state index contributed by atoms with van der Waals surface area (Å²) in [6, 6.07) is 0. The molecule has 0 bridgehead atoms. The minimum atomic E-state index is -4.04. The van der Waals surface area contributed by atoms with Gasteiger partial charge in [0, 0.05) is 0 Å². The van der Waals surface area contributed by atoms with Crippen molar-refractivity contribution >= 4 is 17.8 Å². The van der Waals surface area contributed by atoms with Crippen LogP contribution in [-0.4, -0.2) is 26.9 Å². The molecule has 6 nitrogen and oxygen atoms in total. The molecule has 0 saturated heterocycles. The molecule has 0 aliphatic rings. The molecule has 0 unspecified atom stereocenters. The van der Waals surface area contributed by atoms with Crippen LogP contribution in [0.3, 0.4) is 0 Å². The molecule has 0 aromatic carbocycles. The summed E-state index contributed by atoms with van der Waals surface area (Å²) in [4.78, 5) is 0. The van der Waals surface area contributed by atoms with Crippen LogP contribution in [0.4, 0.5) is 0 Å². The Hall–Kier alpha value is 0.0600. The van der Waals surface area contributed by atoms with Gasteiger partial charge in [-0.2, -0.15) is 0 Å². The van der Waals surface area contributed by atoms with Crippen molar-refractivity contribution in [2.45, 2.75) is 194 Å². The van der Waals surface area contributed by atoms with E-state index >= 15 is 0 Å². The maximum Gasteiger partial charge on any atom is 0.419 e. The molecule has 1 N–H and O–H groups in total.